The lowest BCUT2D eigenvalue weighted by Crippen LogP contribution is -2.45. The zero-order valence-corrected chi connectivity index (χ0v) is 20.5. The van der Waals surface area contributed by atoms with Crippen molar-refractivity contribution in [2.75, 3.05) is 39.3 Å². The van der Waals surface area contributed by atoms with Crippen molar-refractivity contribution >= 4 is 47.2 Å². The van der Waals surface area contributed by atoms with E-state index in [1.807, 2.05) is 25.2 Å². The molecule has 1 saturated heterocycles. The van der Waals surface area contributed by atoms with Crippen LogP contribution in [-0.4, -0.2) is 56.0 Å². The molecule has 8 heteroatoms. The molecule has 1 fully saturated rings. The average molecular weight is 522 g/mol. The number of aliphatic imine (C=N–C) groups is 1. The number of halogens is 1. The fourth-order valence-electron chi connectivity index (χ4n) is 3.24. The summed E-state index contributed by atoms with van der Waals surface area (Å²) in [4.78, 5) is 20.2. The van der Waals surface area contributed by atoms with Gasteiger partial charge in [-0.25, -0.2) is 4.99 Å². The van der Waals surface area contributed by atoms with Crippen LogP contribution in [0.25, 0.3) is 0 Å². The fraction of sp³-hybridized carbons (Fsp3) is 0.700. The molecule has 1 aliphatic rings. The highest BCUT2D eigenvalue weighted by Crippen LogP contribution is 2.28. The van der Waals surface area contributed by atoms with Gasteiger partial charge in [0.2, 0.25) is 5.91 Å². The van der Waals surface area contributed by atoms with E-state index in [1.165, 1.54) is 17.7 Å². The molecular formula is C20H36IN5OS. The maximum atomic E-state index is 11.8. The van der Waals surface area contributed by atoms with Crippen molar-refractivity contribution in [3.8, 4) is 0 Å². The zero-order valence-electron chi connectivity index (χ0n) is 17.4. The van der Waals surface area contributed by atoms with Gasteiger partial charge in [-0.2, -0.15) is 0 Å². The Morgan fingerprint density at radius 3 is 2.64 bits per heavy atom. The summed E-state index contributed by atoms with van der Waals surface area (Å²) in [6.45, 7) is 11.1. The van der Waals surface area contributed by atoms with Crippen LogP contribution >= 0.6 is 35.3 Å². The Labute approximate surface area is 191 Å². The van der Waals surface area contributed by atoms with E-state index in [0.29, 0.717) is 18.5 Å². The van der Waals surface area contributed by atoms with E-state index in [2.05, 4.69) is 50.3 Å². The van der Waals surface area contributed by atoms with Crippen LogP contribution in [0.3, 0.4) is 0 Å². The van der Waals surface area contributed by atoms with Gasteiger partial charge >= 0.3 is 0 Å². The van der Waals surface area contributed by atoms with E-state index < -0.39 is 0 Å². The van der Waals surface area contributed by atoms with E-state index in [0.717, 1.165) is 38.5 Å². The van der Waals surface area contributed by atoms with E-state index in [-0.39, 0.29) is 36.4 Å². The number of thiophene rings is 1. The topological polar surface area (TPSA) is 68.8 Å². The summed E-state index contributed by atoms with van der Waals surface area (Å²) in [5.74, 6) is 1.49. The Morgan fingerprint density at radius 1 is 1.29 bits per heavy atom. The molecule has 2 heterocycles. The largest absolute Gasteiger partial charge is 0.357 e. The number of amides is 1. The maximum Gasteiger partial charge on any atom is 0.241 e. The molecule has 0 saturated carbocycles. The Bertz CT molecular complexity index is 573. The molecule has 3 N–H and O–H groups in total. The highest BCUT2D eigenvalue weighted by Gasteiger charge is 2.25. The summed E-state index contributed by atoms with van der Waals surface area (Å²) in [6, 6.07) is 4.68. The van der Waals surface area contributed by atoms with Gasteiger partial charge in [0.1, 0.15) is 6.54 Å². The summed E-state index contributed by atoms with van der Waals surface area (Å²) in [5, 5.41) is 11.7. The predicted octanol–water partition coefficient (Wildman–Crippen LogP) is 3.22. The zero-order chi connectivity index (χ0) is 19.5. The third-order valence-electron chi connectivity index (χ3n) is 4.89. The Morgan fingerprint density at radius 2 is 2.04 bits per heavy atom. The first-order valence-electron chi connectivity index (χ1n) is 10.2. The van der Waals surface area contributed by atoms with Gasteiger partial charge in [0.05, 0.1) is 6.04 Å². The minimum atomic E-state index is -0.0334. The summed E-state index contributed by atoms with van der Waals surface area (Å²) < 4.78 is 0. The van der Waals surface area contributed by atoms with Crippen LogP contribution in [-0.2, 0) is 4.79 Å². The molecule has 1 aromatic rings. The van der Waals surface area contributed by atoms with Crippen molar-refractivity contribution < 1.29 is 4.79 Å². The Hall–Kier alpha value is -0.870. The SMILES string of the molecule is CCCNC(=O)CN=C(NCC)NCC(c1cccs1)N1CCC(C)CC1.I. The monoisotopic (exact) mass is 521 g/mol. The number of carbonyl (C=O) groups excluding carboxylic acids is 1. The summed E-state index contributed by atoms with van der Waals surface area (Å²) in [5.41, 5.74) is 0. The quantitative estimate of drug-likeness (QED) is 0.265. The van der Waals surface area contributed by atoms with Crippen LogP contribution < -0.4 is 16.0 Å². The van der Waals surface area contributed by atoms with Crippen LogP contribution in [0.15, 0.2) is 22.5 Å². The number of guanidine groups is 1. The highest BCUT2D eigenvalue weighted by molar-refractivity contribution is 14.0. The number of hydrogen-bond donors (Lipinski definition) is 3. The maximum absolute atomic E-state index is 11.8. The summed E-state index contributed by atoms with van der Waals surface area (Å²) >= 11 is 1.81. The number of likely N-dealkylation sites (tertiary alicyclic amines) is 1. The molecule has 0 spiro atoms. The molecule has 1 atom stereocenters. The van der Waals surface area contributed by atoms with Crippen molar-refractivity contribution in [1.82, 2.24) is 20.9 Å². The van der Waals surface area contributed by atoms with Crippen molar-refractivity contribution in [2.24, 2.45) is 10.9 Å². The van der Waals surface area contributed by atoms with E-state index in [1.54, 1.807) is 0 Å². The van der Waals surface area contributed by atoms with Gasteiger partial charge in [-0.3, -0.25) is 9.69 Å². The lowest BCUT2D eigenvalue weighted by atomic mass is 9.97. The van der Waals surface area contributed by atoms with Crippen molar-refractivity contribution in [3.63, 3.8) is 0 Å². The van der Waals surface area contributed by atoms with Gasteiger partial charge in [-0.15, -0.1) is 35.3 Å². The van der Waals surface area contributed by atoms with Crippen molar-refractivity contribution in [1.29, 1.82) is 0 Å². The number of piperidine rings is 1. The molecule has 0 radical (unpaired) electrons. The van der Waals surface area contributed by atoms with Crippen LogP contribution in [0, 0.1) is 5.92 Å². The number of hydrogen-bond acceptors (Lipinski definition) is 4. The van der Waals surface area contributed by atoms with Crippen LogP contribution in [0.2, 0.25) is 0 Å². The highest BCUT2D eigenvalue weighted by atomic mass is 127. The van der Waals surface area contributed by atoms with Crippen LogP contribution in [0.5, 0.6) is 0 Å². The molecule has 28 heavy (non-hydrogen) atoms. The van der Waals surface area contributed by atoms with Gasteiger partial charge in [-0.1, -0.05) is 19.9 Å². The lowest BCUT2D eigenvalue weighted by molar-refractivity contribution is -0.119. The van der Waals surface area contributed by atoms with Gasteiger partial charge in [0, 0.05) is 24.5 Å². The molecule has 0 aliphatic carbocycles. The fourth-order valence-corrected chi connectivity index (χ4v) is 4.10. The van der Waals surface area contributed by atoms with Gasteiger partial charge in [-0.05, 0) is 56.6 Å². The lowest BCUT2D eigenvalue weighted by Gasteiger charge is -2.36. The molecular weight excluding hydrogens is 485 g/mol. The third-order valence-corrected chi connectivity index (χ3v) is 5.86. The smallest absolute Gasteiger partial charge is 0.241 e. The van der Waals surface area contributed by atoms with Crippen molar-refractivity contribution in [3.05, 3.63) is 22.4 Å². The number of rotatable bonds is 9. The van der Waals surface area contributed by atoms with Crippen LogP contribution in [0.4, 0.5) is 0 Å². The van der Waals surface area contributed by atoms with Gasteiger partial charge in [0.15, 0.2) is 5.96 Å². The predicted molar refractivity (Wildman–Crippen MR) is 130 cm³/mol. The molecule has 160 valence electrons. The van der Waals surface area contributed by atoms with Crippen LogP contribution in [0.1, 0.15) is 51.0 Å². The second kappa shape index (κ2) is 14.2. The molecule has 6 nitrogen and oxygen atoms in total. The molecule has 1 unspecified atom stereocenters. The van der Waals surface area contributed by atoms with Gasteiger partial charge in [0.25, 0.3) is 0 Å². The second-order valence-corrected chi connectivity index (χ2v) is 8.15. The van der Waals surface area contributed by atoms with E-state index in [4.69, 9.17) is 0 Å². The first-order valence-corrected chi connectivity index (χ1v) is 11.1. The van der Waals surface area contributed by atoms with Gasteiger partial charge < -0.3 is 16.0 Å². The molecule has 0 bridgehead atoms. The molecule has 1 amide bonds. The number of nitrogens with zero attached hydrogens (tertiary/aromatic N) is 2. The molecule has 1 aliphatic heterocycles. The van der Waals surface area contributed by atoms with E-state index >= 15 is 0 Å². The minimum absolute atomic E-state index is 0. The normalized spacial score (nSPS) is 16.9. The Balaban J connectivity index is 0.00000392. The first-order chi connectivity index (χ1) is 13.1. The summed E-state index contributed by atoms with van der Waals surface area (Å²) in [6.07, 6.45) is 3.45. The minimum Gasteiger partial charge on any atom is -0.357 e. The third kappa shape index (κ3) is 8.65. The van der Waals surface area contributed by atoms with Crippen molar-refractivity contribution in [2.45, 2.75) is 46.1 Å². The second-order valence-electron chi connectivity index (χ2n) is 7.18. The number of carbonyl (C=O) groups is 1. The number of nitrogens with one attached hydrogen (secondary N) is 3. The average Bonchev–Trinajstić information content (AvgIpc) is 3.20. The molecule has 1 aromatic heterocycles. The Kier molecular flexibility index (Phi) is 12.7. The molecule has 2 rings (SSSR count). The molecule has 0 aromatic carbocycles. The van der Waals surface area contributed by atoms with E-state index in [9.17, 15) is 4.79 Å². The first kappa shape index (κ1) is 25.2. The summed E-state index contributed by atoms with van der Waals surface area (Å²) in [7, 11) is 0. The standard InChI is InChI=1S/C20H35N5OS.HI/c1-4-10-22-19(26)15-24-20(21-5-2)23-14-17(18-7-6-13-27-18)25-11-8-16(3)9-12-25;/h6-7,13,16-17H,4-5,8-12,14-15H2,1-3H3,(H,22,26)(H2,21,23,24);1H.